The summed E-state index contributed by atoms with van der Waals surface area (Å²) in [6, 6.07) is 9.79. The van der Waals surface area contributed by atoms with Crippen LogP contribution >= 0.6 is 0 Å². The SMILES string of the molecule is CN1CCNCC1c1nc2c(cc1F)c(=O)c(C(=O)O)cn2-c1ccccc1. The van der Waals surface area contributed by atoms with Gasteiger partial charge in [-0.15, -0.1) is 0 Å². The average Bonchev–Trinajstić information content (AvgIpc) is 2.69. The molecular formula is C20H19FN4O3. The first-order chi connectivity index (χ1) is 13.5. The van der Waals surface area contributed by atoms with Gasteiger partial charge in [0.05, 0.1) is 17.1 Å². The van der Waals surface area contributed by atoms with Crippen molar-refractivity contribution in [3.8, 4) is 5.69 Å². The summed E-state index contributed by atoms with van der Waals surface area (Å²) in [5.74, 6) is -1.98. The van der Waals surface area contributed by atoms with Gasteiger partial charge in [-0.2, -0.15) is 0 Å². The maximum atomic E-state index is 14.9. The second-order valence-corrected chi connectivity index (χ2v) is 6.81. The van der Waals surface area contributed by atoms with E-state index in [-0.39, 0.29) is 22.8 Å². The van der Waals surface area contributed by atoms with E-state index in [2.05, 4.69) is 10.3 Å². The molecule has 1 aliphatic heterocycles. The molecule has 1 saturated heterocycles. The topological polar surface area (TPSA) is 87.5 Å². The van der Waals surface area contributed by atoms with Gasteiger partial charge in [0.1, 0.15) is 17.0 Å². The number of hydrogen-bond acceptors (Lipinski definition) is 5. The van der Waals surface area contributed by atoms with Gasteiger partial charge in [0, 0.05) is 31.5 Å². The first-order valence-electron chi connectivity index (χ1n) is 8.93. The molecule has 0 aliphatic carbocycles. The molecule has 4 rings (SSSR count). The molecular weight excluding hydrogens is 363 g/mol. The van der Waals surface area contributed by atoms with Crippen LogP contribution < -0.4 is 10.7 Å². The zero-order chi connectivity index (χ0) is 19.8. The monoisotopic (exact) mass is 382 g/mol. The molecule has 2 aromatic heterocycles. The molecule has 3 aromatic rings. The van der Waals surface area contributed by atoms with Gasteiger partial charge in [0.2, 0.25) is 5.43 Å². The molecule has 1 aliphatic rings. The number of halogens is 1. The highest BCUT2D eigenvalue weighted by atomic mass is 19.1. The van der Waals surface area contributed by atoms with Crippen molar-refractivity contribution in [3.63, 3.8) is 0 Å². The van der Waals surface area contributed by atoms with E-state index in [1.165, 1.54) is 10.8 Å². The minimum atomic E-state index is -1.36. The zero-order valence-electron chi connectivity index (χ0n) is 15.2. The Bertz CT molecular complexity index is 1110. The van der Waals surface area contributed by atoms with Crippen molar-refractivity contribution >= 4 is 17.0 Å². The Labute approximate surface area is 160 Å². The van der Waals surface area contributed by atoms with Gasteiger partial charge in [-0.1, -0.05) is 18.2 Å². The van der Waals surface area contributed by atoms with Gasteiger partial charge in [0.25, 0.3) is 0 Å². The predicted octanol–water partition coefficient (Wildman–Crippen LogP) is 1.80. The summed E-state index contributed by atoms with van der Waals surface area (Å²) in [5, 5.41) is 12.6. The number of carboxylic acids is 1. The Morgan fingerprint density at radius 2 is 2.07 bits per heavy atom. The van der Waals surface area contributed by atoms with E-state index in [1.807, 2.05) is 18.0 Å². The molecule has 1 unspecified atom stereocenters. The van der Waals surface area contributed by atoms with E-state index in [9.17, 15) is 19.1 Å². The lowest BCUT2D eigenvalue weighted by Gasteiger charge is -2.32. The van der Waals surface area contributed by atoms with Crippen molar-refractivity contribution in [3.05, 3.63) is 69.9 Å². The Balaban J connectivity index is 2.03. The van der Waals surface area contributed by atoms with Gasteiger partial charge in [-0.25, -0.2) is 14.2 Å². The summed E-state index contributed by atoms with van der Waals surface area (Å²) >= 11 is 0. The second-order valence-electron chi connectivity index (χ2n) is 6.81. The van der Waals surface area contributed by atoms with Crippen molar-refractivity contribution < 1.29 is 14.3 Å². The highest BCUT2D eigenvalue weighted by Crippen LogP contribution is 2.25. The number of benzene rings is 1. The van der Waals surface area contributed by atoms with E-state index in [0.717, 1.165) is 19.2 Å². The lowest BCUT2D eigenvalue weighted by atomic mass is 10.1. The van der Waals surface area contributed by atoms with E-state index < -0.39 is 22.8 Å². The third-order valence-corrected chi connectivity index (χ3v) is 5.05. The number of hydrogen-bond donors (Lipinski definition) is 2. The largest absolute Gasteiger partial charge is 0.477 e. The van der Waals surface area contributed by atoms with Crippen LogP contribution in [0.25, 0.3) is 16.7 Å². The summed E-state index contributed by atoms with van der Waals surface area (Å²) in [4.78, 5) is 30.7. The normalized spacial score (nSPS) is 17.7. The molecule has 7 nitrogen and oxygen atoms in total. The minimum absolute atomic E-state index is 0.0589. The van der Waals surface area contributed by atoms with Crippen LogP contribution in [0.1, 0.15) is 22.1 Å². The van der Waals surface area contributed by atoms with E-state index >= 15 is 0 Å². The molecule has 1 fully saturated rings. The summed E-state index contributed by atoms with van der Waals surface area (Å²) in [7, 11) is 1.90. The number of piperazine rings is 1. The number of rotatable bonds is 3. The summed E-state index contributed by atoms with van der Waals surface area (Å²) in [6.45, 7) is 2.08. The fourth-order valence-electron chi connectivity index (χ4n) is 3.52. The van der Waals surface area contributed by atoms with Gasteiger partial charge < -0.3 is 15.0 Å². The standard InChI is InChI=1S/C20H19FN4O3/c1-24-8-7-22-10-16(24)17-15(21)9-13-18(26)14(20(27)28)11-25(19(13)23-17)12-5-3-2-4-6-12/h2-6,9,11,16,22H,7-8,10H2,1H3,(H,27,28). The molecule has 0 bridgehead atoms. The third kappa shape index (κ3) is 3.06. The van der Waals surface area contributed by atoms with Gasteiger partial charge in [-0.3, -0.25) is 9.69 Å². The Kier molecular flexibility index (Phi) is 4.66. The molecule has 144 valence electrons. The molecule has 0 amide bonds. The lowest BCUT2D eigenvalue weighted by Crippen LogP contribution is -2.44. The minimum Gasteiger partial charge on any atom is -0.477 e. The third-order valence-electron chi connectivity index (χ3n) is 5.05. The van der Waals surface area contributed by atoms with Crippen LogP contribution in [0.5, 0.6) is 0 Å². The number of aromatic carboxylic acids is 1. The number of carboxylic acid groups (broad SMARTS) is 1. The average molecular weight is 382 g/mol. The van der Waals surface area contributed by atoms with Gasteiger partial charge in [0.15, 0.2) is 0 Å². The number of carbonyl (C=O) groups is 1. The van der Waals surface area contributed by atoms with E-state index in [1.54, 1.807) is 24.3 Å². The van der Waals surface area contributed by atoms with Crippen LogP contribution in [-0.2, 0) is 0 Å². The first kappa shape index (κ1) is 18.3. The van der Waals surface area contributed by atoms with Crippen LogP contribution in [0.4, 0.5) is 4.39 Å². The fraction of sp³-hybridized carbons (Fsp3) is 0.250. The van der Waals surface area contributed by atoms with Crippen molar-refractivity contribution in [1.82, 2.24) is 19.8 Å². The summed E-state index contributed by atoms with van der Waals surface area (Å²) < 4.78 is 16.4. The molecule has 3 heterocycles. The molecule has 0 saturated carbocycles. The van der Waals surface area contributed by atoms with Crippen LogP contribution in [0.3, 0.4) is 0 Å². The van der Waals surface area contributed by atoms with Crippen molar-refractivity contribution in [1.29, 1.82) is 0 Å². The van der Waals surface area contributed by atoms with Crippen molar-refractivity contribution in [2.24, 2.45) is 0 Å². The Hall–Kier alpha value is -3.10. The van der Waals surface area contributed by atoms with Crippen LogP contribution in [0.2, 0.25) is 0 Å². The van der Waals surface area contributed by atoms with Crippen molar-refractivity contribution in [2.45, 2.75) is 6.04 Å². The second kappa shape index (κ2) is 7.14. The summed E-state index contributed by atoms with van der Waals surface area (Å²) in [5.41, 5.74) is -0.0781. The first-order valence-corrected chi connectivity index (χ1v) is 8.93. The predicted molar refractivity (Wildman–Crippen MR) is 102 cm³/mol. The van der Waals surface area contributed by atoms with Crippen LogP contribution in [-0.4, -0.2) is 52.2 Å². The number of para-hydroxylation sites is 1. The summed E-state index contributed by atoms with van der Waals surface area (Å²) in [6.07, 6.45) is 1.25. The smallest absolute Gasteiger partial charge is 0.341 e. The van der Waals surface area contributed by atoms with Crippen LogP contribution in [0.15, 0.2) is 47.4 Å². The maximum Gasteiger partial charge on any atom is 0.341 e. The fourth-order valence-corrected chi connectivity index (χ4v) is 3.52. The molecule has 0 radical (unpaired) electrons. The van der Waals surface area contributed by atoms with Crippen LogP contribution in [0, 0.1) is 5.82 Å². The highest BCUT2D eigenvalue weighted by Gasteiger charge is 2.27. The van der Waals surface area contributed by atoms with Crippen molar-refractivity contribution in [2.75, 3.05) is 26.7 Å². The lowest BCUT2D eigenvalue weighted by molar-refractivity contribution is 0.0695. The molecule has 1 aromatic carbocycles. The zero-order valence-corrected chi connectivity index (χ0v) is 15.2. The number of nitrogens with one attached hydrogen (secondary N) is 1. The molecule has 1 atom stereocenters. The number of nitrogens with zero attached hydrogens (tertiary/aromatic N) is 3. The number of fused-ring (bicyclic) bond motifs is 1. The Morgan fingerprint density at radius 1 is 1.32 bits per heavy atom. The Morgan fingerprint density at radius 3 is 2.75 bits per heavy atom. The van der Waals surface area contributed by atoms with E-state index in [4.69, 9.17) is 0 Å². The maximum absolute atomic E-state index is 14.9. The van der Waals surface area contributed by atoms with Gasteiger partial charge >= 0.3 is 5.97 Å². The molecule has 2 N–H and O–H groups in total. The molecule has 8 heteroatoms. The number of aromatic nitrogens is 2. The van der Waals surface area contributed by atoms with Gasteiger partial charge in [-0.05, 0) is 25.2 Å². The molecule has 0 spiro atoms. The number of pyridine rings is 2. The number of likely N-dealkylation sites (N-methyl/N-ethyl adjacent to an activating group) is 1. The quantitative estimate of drug-likeness (QED) is 0.718. The van der Waals surface area contributed by atoms with E-state index in [0.29, 0.717) is 12.2 Å². The highest BCUT2D eigenvalue weighted by molar-refractivity contribution is 5.92. The molecule has 28 heavy (non-hydrogen) atoms.